The van der Waals surface area contributed by atoms with Gasteiger partial charge in [0.05, 0.1) is 18.4 Å². The van der Waals surface area contributed by atoms with Crippen molar-refractivity contribution >= 4 is 17.6 Å². The highest BCUT2D eigenvalue weighted by molar-refractivity contribution is 6.30. The molecule has 0 aliphatic rings. The van der Waals surface area contributed by atoms with Gasteiger partial charge in [-0.15, -0.1) is 0 Å². The molecule has 0 unspecified atom stereocenters. The number of imidazole rings is 1. The molecule has 0 spiro atoms. The quantitative estimate of drug-likeness (QED) is 0.376. The third-order valence-electron chi connectivity index (χ3n) is 5.38. The van der Waals surface area contributed by atoms with Gasteiger partial charge in [0.2, 0.25) is 0 Å². The lowest BCUT2D eigenvalue weighted by Crippen LogP contribution is -2.39. The lowest BCUT2D eigenvalue weighted by atomic mass is 10.1. The Labute approximate surface area is 217 Å². The van der Waals surface area contributed by atoms with Crippen LogP contribution in [0.2, 0.25) is 5.02 Å². The molecule has 3 rings (SSSR count). The van der Waals surface area contributed by atoms with Gasteiger partial charge in [0, 0.05) is 29.7 Å². The van der Waals surface area contributed by atoms with Crippen LogP contribution in [-0.4, -0.2) is 46.2 Å². The monoisotopic (exact) mass is 516 g/mol. The summed E-state index contributed by atoms with van der Waals surface area (Å²) in [6, 6.07) is 9.62. The smallest absolute Gasteiger partial charge is 0.323 e. The Kier molecular flexibility index (Phi) is 8.76. The van der Waals surface area contributed by atoms with Crippen LogP contribution in [0.4, 0.5) is 4.39 Å². The molecule has 0 aliphatic carbocycles. The second-order valence-electron chi connectivity index (χ2n) is 9.98. The van der Waals surface area contributed by atoms with Gasteiger partial charge in [-0.05, 0) is 78.2 Å². The number of aromatic nitrogens is 2. The van der Waals surface area contributed by atoms with Gasteiger partial charge in [-0.1, -0.05) is 11.6 Å². The number of ether oxygens (including phenoxy) is 2. The fourth-order valence-electron chi connectivity index (χ4n) is 3.54. The van der Waals surface area contributed by atoms with Crippen LogP contribution in [0.5, 0.6) is 11.5 Å². The summed E-state index contributed by atoms with van der Waals surface area (Å²) < 4.78 is 28.3. The molecule has 1 N–H and O–H groups in total. The number of hydrogen-bond acceptors (Lipinski definition) is 6. The van der Waals surface area contributed by atoms with E-state index < -0.39 is 23.4 Å². The Bertz CT molecular complexity index is 1200. The van der Waals surface area contributed by atoms with E-state index in [1.165, 1.54) is 6.07 Å². The van der Waals surface area contributed by atoms with Crippen LogP contribution in [-0.2, 0) is 29.7 Å². The molecule has 0 radical (unpaired) electrons. The fourth-order valence-corrected chi connectivity index (χ4v) is 3.73. The maximum absolute atomic E-state index is 14.8. The van der Waals surface area contributed by atoms with Crippen molar-refractivity contribution in [2.75, 3.05) is 14.1 Å². The zero-order chi connectivity index (χ0) is 26.6. The van der Waals surface area contributed by atoms with Crippen LogP contribution in [0.3, 0.4) is 0 Å². The van der Waals surface area contributed by atoms with Crippen molar-refractivity contribution < 1.29 is 18.7 Å². The van der Waals surface area contributed by atoms with Crippen molar-refractivity contribution in [3.8, 4) is 22.8 Å². The van der Waals surface area contributed by atoms with Gasteiger partial charge in [-0.25, -0.2) is 9.37 Å². The molecule has 1 atom stereocenters. The minimum Gasteiger partial charge on any atom is -0.459 e. The third kappa shape index (κ3) is 7.29. The van der Waals surface area contributed by atoms with Gasteiger partial charge < -0.3 is 24.3 Å². The average Bonchev–Trinajstić information content (AvgIpc) is 3.11. The lowest BCUT2D eigenvalue weighted by molar-refractivity contribution is -0.157. The molecule has 3 aromatic rings. The first-order chi connectivity index (χ1) is 16.8. The van der Waals surface area contributed by atoms with E-state index in [1.807, 2.05) is 51.6 Å². The molecule has 0 fully saturated rings. The lowest BCUT2D eigenvalue weighted by Gasteiger charge is -2.23. The molecule has 194 valence electrons. The Morgan fingerprint density at radius 2 is 1.89 bits per heavy atom. The van der Waals surface area contributed by atoms with Crippen LogP contribution < -0.4 is 10.1 Å². The van der Waals surface area contributed by atoms with E-state index in [4.69, 9.17) is 21.1 Å². The summed E-state index contributed by atoms with van der Waals surface area (Å²) in [6.07, 6.45) is 1.84. The highest BCUT2D eigenvalue weighted by Crippen LogP contribution is 2.32. The highest BCUT2D eigenvalue weighted by atomic mass is 35.5. The summed E-state index contributed by atoms with van der Waals surface area (Å²) in [5.41, 5.74) is 1.61. The van der Waals surface area contributed by atoms with Crippen LogP contribution >= 0.6 is 11.6 Å². The molecule has 36 heavy (non-hydrogen) atoms. The maximum Gasteiger partial charge on any atom is 0.323 e. The fraction of sp³-hybridized carbons (Fsp3) is 0.407. The summed E-state index contributed by atoms with van der Waals surface area (Å²) in [5.74, 6) is 0.811. The zero-order valence-electron chi connectivity index (χ0n) is 21.9. The largest absolute Gasteiger partial charge is 0.459 e. The van der Waals surface area contributed by atoms with Crippen molar-refractivity contribution in [1.29, 1.82) is 0 Å². The zero-order valence-corrected chi connectivity index (χ0v) is 22.6. The van der Waals surface area contributed by atoms with Crippen molar-refractivity contribution in [2.45, 2.75) is 52.4 Å². The van der Waals surface area contributed by atoms with Crippen LogP contribution in [0.1, 0.15) is 39.1 Å². The number of hydrogen-bond donors (Lipinski definition) is 1. The summed E-state index contributed by atoms with van der Waals surface area (Å²) >= 11 is 6.11. The first-order valence-electron chi connectivity index (χ1n) is 11.7. The van der Waals surface area contributed by atoms with Crippen molar-refractivity contribution in [1.82, 2.24) is 19.8 Å². The van der Waals surface area contributed by atoms with Crippen LogP contribution in [0.25, 0.3) is 11.3 Å². The summed E-state index contributed by atoms with van der Waals surface area (Å²) in [4.78, 5) is 18.9. The second-order valence-corrected chi connectivity index (χ2v) is 10.4. The molecule has 1 heterocycles. The van der Waals surface area contributed by atoms with E-state index in [0.717, 1.165) is 23.6 Å². The summed E-state index contributed by atoms with van der Waals surface area (Å²) in [5, 5.41) is 3.22. The first kappa shape index (κ1) is 27.6. The number of rotatable bonds is 9. The standard InChI is InChI=1S/C27H34ClFN4O3/c1-17(26(34)36-27(2,3)4)30-14-21-22(29)12-19(28)13-24(21)35-20-10-8-18(9-11-20)23-15-31-25(33(23)7)16-32(5)6/h8-13,15,17,30H,14,16H2,1-7H3/t17-/m0/s1. The number of carbonyl (C=O) groups is 1. The number of nitrogens with zero attached hydrogens (tertiary/aromatic N) is 3. The average molecular weight is 517 g/mol. The molecule has 0 amide bonds. The van der Waals surface area contributed by atoms with Gasteiger partial charge in [0.1, 0.15) is 34.8 Å². The van der Waals surface area contributed by atoms with Gasteiger partial charge >= 0.3 is 5.97 Å². The van der Waals surface area contributed by atoms with Crippen molar-refractivity contribution in [3.63, 3.8) is 0 Å². The molecule has 0 bridgehead atoms. The highest BCUT2D eigenvalue weighted by Gasteiger charge is 2.22. The Hall–Kier alpha value is -2.94. The normalized spacial score (nSPS) is 12.6. The van der Waals surface area contributed by atoms with E-state index in [-0.39, 0.29) is 22.9 Å². The number of carbonyl (C=O) groups excluding carboxylic acids is 1. The van der Waals surface area contributed by atoms with E-state index in [9.17, 15) is 9.18 Å². The molecular weight excluding hydrogens is 483 g/mol. The van der Waals surface area contributed by atoms with Gasteiger partial charge in [0.15, 0.2) is 0 Å². The second kappa shape index (κ2) is 11.4. The summed E-state index contributed by atoms with van der Waals surface area (Å²) in [6.45, 7) is 7.85. The third-order valence-corrected chi connectivity index (χ3v) is 5.60. The number of benzene rings is 2. The minimum absolute atomic E-state index is 0.0561. The number of nitrogens with one attached hydrogen (secondary N) is 1. The molecule has 1 aromatic heterocycles. The van der Waals surface area contributed by atoms with Crippen LogP contribution in [0.15, 0.2) is 42.6 Å². The van der Waals surface area contributed by atoms with Crippen molar-refractivity contribution in [2.24, 2.45) is 7.05 Å². The Morgan fingerprint density at radius 3 is 2.50 bits per heavy atom. The SMILES string of the molecule is C[C@H](NCc1c(F)cc(Cl)cc1Oc1ccc(-c2cnc(CN(C)C)n2C)cc1)C(=O)OC(C)(C)C. The first-order valence-corrected chi connectivity index (χ1v) is 12.1. The number of halogens is 2. The van der Waals surface area contributed by atoms with E-state index in [0.29, 0.717) is 5.75 Å². The van der Waals surface area contributed by atoms with E-state index in [2.05, 4.69) is 19.8 Å². The van der Waals surface area contributed by atoms with Crippen molar-refractivity contribution in [3.05, 3.63) is 64.8 Å². The van der Waals surface area contributed by atoms with E-state index in [1.54, 1.807) is 33.8 Å². The predicted molar refractivity (Wildman–Crippen MR) is 140 cm³/mol. The Morgan fingerprint density at radius 1 is 1.22 bits per heavy atom. The molecule has 0 aliphatic heterocycles. The van der Waals surface area contributed by atoms with Gasteiger partial charge in [-0.3, -0.25) is 4.79 Å². The number of esters is 1. The molecule has 7 nitrogen and oxygen atoms in total. The Balaban J connectivity index is 1.76. The molecular formula is C27H34ClFN4O3. The molecule has 0 saturated heterocycles. The molecule has 9 heteroatoms. The van der Waals surface area contributed by atoms with Gasteiger partial charge in [0.25, 0.3) is 0 Å². The maximum atomic E-state index is 14.8. The van der Waals surface area contributed by atoms with Gasteiger partial charge in [-0.2, -0.15) is 0 Å². The molecule has 0 saturated carbocycles. The topological polar surface area (TPSA) is 68.6 Å². The summed E-state index contributed by atoms with van der Waals surface area (Å²) in [7, 11) is 5.99. The van der Waals surface area contributed by atoms with Crippen LogP contribution in [0, 0.1) is 5.82 Å². The van der Waals surface area contributed by atoms with E-state index >= 15 is 0 Å². The predicted octanol–water partition coefficient (Wildman–Crippen LogP) is 5.55. The molecule has 2 aromatic carbocycles. The minimum atomic E-state index is -0.636.